The van der Waals surface area contributed by atoms with Crippen LogP contribution in [0.4, 0.5) is 0 Å². The summed E-state index contributed by atoms with van der Waals surface area (Å²) in [5, 5.41) is 0.807. The van der Waals surface area contributed by atoms with Gasteiger partial charge >= 0.3 is 0 Å². The second kappa shape index (κ2) is 7.60. The van der Waals surface area contributed by atoms with Crippen molar-refractivity contribution in [3.05, 3.63) is 70.2 Å². The highest BCUT2D eigenvalue weighted by molar-refractivity contribution is 6.31. The van der Waals surface area contributed by atoms with E-state index < -0.39 is 0 Å². The van der Waals surface area contributed by atoms with Crippen molar-refractivity contribution in [2.45, 2.75) is 25.9 Å². The number of benzene rings is 2. The summed E-state index contributed by atoms with van der Waals surface area (Å²) in [4.78, 5) is 2.25. The van der Waals surface area contributed by atoms with Crippen molar-refractivity contribution in [3.8, 4) is 0 Å². The van der Waals surface area contributed by atoms with Crippen molar-refractivity contribution in [1.29, 1.82) is 0 Å². The largest absolute Gasteiger partial charge is 0.329 e. The van der Waals surface area contributed by atoms with Crippen molar-refractivity contribution >= 4 is 11.6 Å². The van der Waals surface area contributed by atoms with Crippen LogP contribution in [-0.2, 0) is 13.0 Å². The summed E-state index contributed by atoms with van der Waals surface area (Å²) >= 11 is 6.24. The van der Waals surface area contributed by atoms with Crippen LogP contribution in [-0.4, -0.2) is 18.5 Å². The summed E-state index contributed by atoms with van der Waals surface area (Å²) in [6.45, 7) is 3.54. The summed E-state index contributed by atoms with van der Waals surface area (Å²) < 4.78 is 0. The van der Waals surface area contributed by atoms with Crippen LogP contribution in [0, 0.1) is 0 Å². The molecule has 2 aromatic carbocycles. The van der Waals surface area contributed by atoms with Crippen LogP contribution < -0.4 is 5.73 Å². The van der Waals surface area contributed by atoms with E-state index in [9.17, 15) is 0 Å². The first-order chi connectivity index (χ1) is 10.2. The summed E-state index contributed by atoms with van der Waals surface area (Å²) in [6, 6.07) is 16.9. The Bertz CT molecular complexity index is 566. The Hall–Kier alpha value is -1.35. The molecule has 0 radical (unpaired) electrons. The lowest BCUT2D eigenvalue weighted by Crippen LogP contribution is -2.30. The van der Waals surface area contributed by atoms with Crippen LogP contribution >= 0.6 is 11.6 Å². The standard InChI is InChI=1S/C18H23ClN2/c1-3-14-8-10-15(11-9-14)18(12-20)21(2)13-16-6-4-5-7-17(16)19/h4-11,18H,3,12-13,20H2,1-2H3. The molecule has 0 saturated carbocycles. The van der Waals surface area contributed by atoms with Gasteiger partial charge in [-0.25, -0.2) is 0 Å². The van der Waals surface area contributed by atoms with Crippen LogP contribution in [0.2, 0.25) is 5.02 Å². The lowest BCUT2D eigenvalue weighted by Gasteiger charge is -2.28. The second-order valence-corrected chi connectivity index (χ2v) is 5.76. The fourth-order valence-electron chi connectivity index (χ4n) is 2.55. The molecule has 0 aromatic heterocycles. The average molecular weight is 303 g/mol. The zero-order chi connectivity index (χ0) is 15.2. The van der Waals surface area contributed by atoms with E-state index in [2.05, 4.69) is 49.2 Å². The Morgan fingerprint density at radius 1 is 1.10 bits per heavy atom. The molecule has 0 fully saturated rings. The summed E-state index contributed by atoms with van der Waals surface area (Å²) in [5.41, 5.74) is 9.73. The first kappa shape index (κ1) is 16.0. The van der Waals surface area contributed by atoms with Gasteiger partial charge in [0.1, 0.15) is 0 Å². The van der Waals surface area contributed by atoms with Gasteiger partial charge in [-0.05, 0) is 36.2 Å². The number of aryl methyl sites for hydroxylation is 1. The minimum Gasteiger partial charge on any atom is -0.329 e. The number of halogens is 1. The maximum atomic E-state index is 6.24. The topological polar surface area (TPSA) is 29.3 Å². The maximum Gasteiger partial charge on any atom is 0.0470 e. The van der Waals surface area contributed by atoms with E-state index in [4.69, 9.17) is 17.3 Å². The second-order valence-electron chi connectivity index (χ2n) is 5.35. The molecular weight excluding hydrogens is 280 g/mol. The molecule has 0 saturated heterocycles. The molecule has 3 heteroatoms. The third kappa shape index (κ3) is 4.07. The third-order valence-electron chi connectivity index (χ3n) is 3.91. The molecule has 2 aromatic rings. The Labute approximate surface area is 132 Å². The molecule has 0 amide bonds. The number of hydrogen-bond acceptors (Lipinski definition) is 2. The minimum absolute atomic E-state index is 0.201. The predicted molar refractivity (Wildman–Crippen MR) is 90.5 cm³/mol. The zero-order valence-electron chi connectivity index (χ0n) is 12.7. The van der Waals surface area contributed by atoms with Gasteiger partial charge in [0.15, 0.2) is 0 Å². The van der Waals surface area contributed by atoms with Gasteiger partial charge in [-0.2, -0.15) is 0 Å². The van der Waals surface area contributed by atoms with Gasteiger partial charge in [-0.3, -0.25) is 4.90 Å². The van der Waals surface area contributed by atoms with Gasteiger partial charge in [0.05, 0.1) is 0 Å². The van der Waals surface area contributed by atoms with Crippen LogP contribution in [0.25, 0.3) is 0 Å². The van der Waals surface area contributed by atoms with Gasteiger partial charge in [0, 0.05) is 24.2 Å². The van der Waals surface area contributed by atoms with E-state index in [0.717, 1.165) is 23.6 Å². The van der Waals surface area contributed by atoms with E-state index in [1.165, 1.54) is 11.1 Å². The molecule has 21 heavy (non-hydrogen) atoms. The molecule has 0 spiro atoms. The normalized spacial score (nSPS) is 12.6. The van der Waals surface area contributed by atoms with Crippen LogP contribution in [0.3, 0.4) is 0 Å². The molecule has 2 nitrogen and oxygen atoms in total. The lowest BCUT2D eigenvalue weighted by molar-refractivity contribution is 0.242. The van der Waals surface area contributed by atoms with Crippen molar-refractivity contribution < 1.29 is 0 Å². The SMILES string of the molecule is CCc1ccc(C(CN)N(C)Cc2ccccc2Cl)cc1. The third-order valence-corrected chi connectivity index (χ3v) is 4.27. The highest BCUT2D eigenvalue weighted by atomic mass is 35.5. The van der Waals surface area contributed by atoms with E-state index in [-0.39, 0.29) is 6.04 Å². The molecule has 2 rings (SSSR count). The zero-order valence-corrected chi connectivity index (χ0v) is 13.5. The fourth-order valence-corrected chi connectivity index (χ4v) is 2.75. The minimum atomic E-state index is 0.201. The number of rotatable bonds is 6. The highest BCUT2D eigenvalue weighted by Crippen LogP contribution is 2.23. The van der Waals surface area contributed by atoms with Crippen molar-refractivity contribution in [1.82, 2.24) is 4.90 Å². The van der Waals surface area contributed by atoms with Gasteiger partial charge in [-0.15, -0.1) is 0 Å². The van der Waals surface area contributed by atoms with Crippen LogP contribution in [0.15, 0.2) is 48.5 Å². The molecule has 0 bridgehead atoms. The fraction of sp³-hybridized carbons (Fsp3) is 0.333. The lowest BCUT2D eigenvalue weighted by atomic mass is 10.0. The quantitative estimate of drug-likeness (QED) is 0.873. The average Bonchev–Trinajstić information content (AvgIpc) is 2.51. The molecule has 0 aliphatic rings. The van der Waals surface area contributed by atoms with Crippen molar-refractivity contribution in [2.24, 2.45) is 5.73 Å². The van der Waals surface area contributed by atoms with Gasteiger partial charge in [0.2, 0.25) is 0 Å². The number of nitrogens with zero attached hydrogens (tertiary/aromatic N) is 1. The van der Waals surface area contributed by atoms with Crippen LogP contribution in [0.5, 0.6) is 0 Å². The number of hydrogen-bond donors (Lipinski definition) is 1. The summed E-state index contributed by atoms with van der Waals surface area (Å²) in [5.74, 6) is 0. The van der Waals surface area contributed by atoms with E-state index >= 15 is 0 Å². The Morgan fingerprint density at radius 2 is 1.76 bits per heavy atom. The van der Waals surface area contributed by atoms with Crippen LogP contribution in [0.1, 0.15) is 29.7 Å². The smallest absolute Gasteiger partial charge is 0.0470 e. The molecule has 2 N–H and O–H groups in total. The summed E-state index contributed by atoms with van der Waals surface area (Å²) in [7, 11) is 2.09. The molecule has 0 aliphatic heterocycles. The number of nitrogens with two attached hydrogens (primary N) is 1. The van der Waals surface area contributed by atoms with E-state index in [0.29, 0.717) is 6.54 Å². The maximum absolute atomic E-state index is 6.24. The van der Waals surface area contributed by atoms with E-state index in [1.54, 1.807) is 0 Å². The van der Waals surface area contributed by atoms with Gasteiger partial charge < -0.3 is 5.73 Å². The van der Waals surface area contributed by atoms with E-state index in [1.807, 2.05) is 18.2 Å². The molecule has 0 heterocycles. The molecule has 1 unspecified atom stereocenters. The Balaban J connectivity index is 2.14. The first-order valence-electron chi connectivity index (χ1n) is 7.38. The molecule has 0 aliphatic carbocycles. The molecule has 1 atom stereocenters. The Morgan fingerprint density at radius 3 is 2.33 bits per heavy atom. The summed E-state index contributed by atoms with van der Waals surface area (Å²) in [6.07, 6.45) is 1.06. The van der Waals surface area contributed by atoms with Crippen molar-refractivity contribution in [2.75, 3.05) is 13.6 Å². The number of likely N-dealkylation sites (N-methyl/N-ethyl adjacent to an activating group) is 1. The van der Waals surface area contributed by atoms with Crippen molar-refractivity contribution in [3.63, 3.8) is 0 Å². The first-order valence-corrected chi connectivity index (χ1v) is 7.76. The Kier molecular flexibility index (Phi) is 5.80. The molecule has 112 valence electrons. The predicted octanol–water partition coefficient (Wildman–Crippen LogP) is 4.03. The highest BCUT2D eigenvalue weighted by Gasteiger charge is 2.16. The monoisotopic (exact) mass is 302 g/mol. The van der Waals surface area contributed by atoms with Gasteiger partial charge in [0.25, 0.3) is 0 Å². The van der Waals surface area contributed by atoms with Gasteiger partial charge in [-0.1, -0.05) is 61.0 Å². The molecular formula is C18H23ClN2.